The lowest BCUT2D eigenvalue weighted by Crippen LogP contribution is -2.19. The highest BCUT2D eigenvalue weighted by atomic mass is 16.5. The van der Waals surface area contributed by atoms with Crippen LogP contribution in [0.3, 0.4) is 0 Å². The molecule has 0 fully saturated rings. The Balaban J connectivity index is 1.50. The number of para-hydroxylation sites is 2. The monoisotopic (exact) mass is 384 g/mol. The van der Waals surface area contributed by atoms with Gasteiger partial charge in [-0.2, -0.15) is 0 Å². The fourth-order valence-corrected chi connectivity index (χ4v) is 3.00. The summed E-state index contributed by atoms with van der Waals surface area (Å²) < 4.78 is 5.84. The number of amides is 1. The van der Waals surface area contributed by atoms with E-state index in [4.69, 9.17) is 4.74 Å². The summed E-state index contributed by atoms with van der Waals surface area (Å²) in [5.74, 6) is 1.31. The van der Waals surface area contributed by atoms with E-state index in [9.17, 15) is 4.79 Å². The molecule has 0 unspecified atom stereocenters. The van der Waals surface area contributed by atoms with E-state index in [0.717, 1.165) is 28.0 Å². The molecule has 4 rings (SSSR count). The van der Waals surface area contributed by atoms with Crippen molar-refractivity contribution in [3.05, 3.63) is 90.0 Å². The Bertz CT molecular complexity index is 1120. The number of benzene rings is 2. The second-order valence-electron chi connectivity index (χ2n) is 6.43. The first-order valence-corrected chi connectivity index (χ1v) is 9.23. The number of aromatic nitrogens is 3. The van der Waals surface area contributed by atoms with Crippen LogP contribution in [-0.4, -0.2) is 27.9 Å². The Morgan fingerprint density at radius 3 is 2.55 bits per heavy atom. The van der Waals surface area contributed by atoms with Crippen LogP contribution in [0.4, 0.5) is 0 Å². The zero-order chi connectivity index (χ0) is 20.1. The SMILES string of the molecule is CNC(=O)/C(=C/c1ccncc1)c1ccc(OCc2nc3ccccc3[nH]2)cc1. The van der Waals surface area contributed by atoms with Crippen LogP contribution in [-0.2, 0) is 11.4 Å². The van der Waals surface area contributed by atoms with Crippen molar-refractivity contribution < 1.29 is 9.53 Å². The van der Waals surface area contributed by atoms with E-state index in [-0.39, 0.29) is 5.91 Å². The average Bonchev–Trinajstić information content (AvgIpc) is 3.20. The number of carbonyl (C=O) groups is 1. The van der Waals surface area contributed by atoms with Gasteiger partial charge in [-0.15, -0.1) is 0 Å². The highest BCUT2D eigenvalue weighted by Gasteiger charge is 2.11. The number of rotatable bonds is 6. The Labute approximate surface area is 168 Å². The quantitative estimate of drug-likeness (QED) is 0.495. The minimum absolute atomic E-state index is 0.155. The minimum Gasteiger partial charge on any atom is -0.486 e. The molecular weight excluding hydrogens is 364 g/mol. The third-order valence-corrected chi connectivity index (χ3v) is 4.47. The average molecular weight is 384 g/mol. The third-order valence-electron chi connectivity index (χ3n) is 4.47. The predicted octanol–water partition coefficient (Wildman–Crippen LogP) is 3.82. The highest BCUT2D eigenvalue weighted by Crippen LogP contribution is 2.22. The van der Waals surface area contributed by atoms with Gasteiger partial charge in [0.25, 0.3) is 5.91 Å². The van der Waals surface area contributed by atoms with Crippen molar-refractivity contribution in [2.75, 3.05) is 7.05 Å². The summed E-state index contributed by atoms with van der Waals surface area (Å²) in [5.41, 5.74) is 4.18. The molecule has 0 atom stereocenters. The third kappa shape index (κ3) is 4.32. The normalized spacial score (nSPS) is 11.4. The van der Waals surface area contributed by atoms with Gasteiger partial charge < -0.3 is 15.0 Å². The summed E-state index contributed by atoms with van der Waals surface area (Å²) in [5, 5.41) is 2.69. The van der Waals surface area contributed by atoms with E-state index in [1.807, 2.05) is 66.7 Å². The molecule has 0 aliphatic carbocycles. The van der Waals surface area contributed by atoms with Crippen LogP contribution in [0.25, 0.3) is 22.7 Å². The Morgan fingerprint density at radius 1 is 1.07 bits per heavy atom. The maximum Gasteiger partial charge on any atom is 0.251 e. The van der Waals surface area contributed by atoms with Crippen molar-refractivity contribution in [3.8, 4) is 5.75 Å². The Kier molecular flexibility index (Phi) is 5.33. The van der Waals surface area contributed by atoms with E-state index in [2.05, 4.69) is 20.3 Å². The first-order valence-electron chi connectivity index (χ1n) is 9.23. The molecule has 0 saturated carbocycles. The zero-order valence-electron chi connectivity index (χ0n) is 15.9. The Morgan fingerprint density at radius 2 is 1.83 bits per heavy atom. The molecule has 0 saturated heterocycles. The van der Waals surface area contributed by atoms with Gasteiger partial charge >= 0.3 is 0 Å². The molecule has 0 spiro atoms. The number of nitrogens with one attached hydrogen (secondary N) is 2. The molecule has 29 heavy (non-hydrogen) atoms. The molecule has 2 heterocycles. The summed E-state index contributed by atoms with van der Waals surface area (Å²) in [4.78, 5) is 24.1. The van der Waals surface area contributed by atoms with Gasteiger partial charge in [-0.25, -0.2) is 4.98 Å². The summed E-state index contributed by atoms with van der Waals surface area (Å²) >= 11 is 0. The molecule has 1 amide bonds. The lowest BCUT2D eigenvalue weighted by molar-refractivity contribution is -0.115. The van der Waals surface area contributed by atoms with Crippen LogP contribution in [0.1, 0.15) is 17.0 Å². The number of nitrogens with zero attached hydrogens (tertiary/aromatic N) is 2. The number of hydrogen-bond acceptors (Lipinski definition) is 4. The van der Waals surface area contributed by atoms with Gasteiger partial charge in [0.1, 0.15) is 18.2 Å². The van der Waals surface area contributed by atoms with Crippen molar-refractivity contribution in [1.82, 2.24) is 20.3 Å². The van der Waals surface area contributed by atoms with Gasteiger partial charge in [0, 0.05) is 25.0 Å². The molecule has 2 N–H and O–H groups in total. The topological polar surface area (TPSA) is 79.9 Å². The first-order chi connectivity index (χ1) is 14.2. The number of aromatic amines is 1. The molecule has 6 heteroatoms. The molecule has 6 nitrogen and oxygen atoms in total. The van der Waals surface area contributed by atoms with Gasteiger partial charge in [-0.05, 0) is 53.6 Å². The second-order valence-corrected chi connectivity index (χ2v) is 6.43. The number of ether oxygens (including phenoxy) is 1. The van der Waals surface area contributed by atoms with Crippen molar-refractivity contribution >= 4 is 28.6 Å². The molecule has 0 radical (unpaired) electrons. The van der Waals surface area contributed by atoms with Crippen LogP contribution < -0.4 is 10.1 Å². The van der Waals surface area contributed by atoms with Crippen molar-refractivity contribution in [3.63, 3.8) is 0 Å². The van der Waals surface area contributed by atoms with Gasteiger partial charge in [-0.3, -0.25) is 9.78 Å². The highest BCUT2D eigenvalue weighted by molar-refractivity contribution is 6.24. The fourth-order valence-electron chi connectivity index (χ4n) is 3.00. The molecular formula is C23H20N4O2. The molecule has 0 aliphatic rings. The summed E-state index contributed by atoms with van der Waals surface area (Å²) in [6, 6.07) is 19.0. The lowest BCUT2D eigenvalue weighted by atomic mass is 10.0. The molecule has 2 aromatic carbocycles. The molecule has 4 aromatic rings. The molecule has 0 aliphatic heterocycles. The van der Waals surface area contributed by atoms with Crippen LogP contribution >= 0.6 is 0 Å². The van der Waals surface area contributed by atoms with E-state index in [1.54, 1.807) is 19.4 Å². The Hall–Kier alpha value is -3.93. The first kappa shape index (κ1) is 18.4. The molecule has 144 valence electrons. The van der Waals surface area contributed by atoms with Crippen LogP contribution in [0.15, 0.2) is 73.1 Å². The number of carbonyl (C=O) groups excluding carboxylic acids is 1. The summed E-state index contributed by atoms with van der Waals surface area (Å²) in [6.45, 7) is 0.336. The fraction of sp³-hybridized carbons (Fsp3) is 0.0870. The summed E-state index contributed by atoms with van der Waals surface area (Å²) in [7, 11) is 1.62. The zero-order valence-corrected chi connectivity index (χ0v) is 15.9. The number of likely N-dealkylation sites (N-methyl/N-ethyl adjacent to an activating group) is 1. The number of H-pyrrole nitrogens is 1. The van der Waals surface area contributed by atoms with Gasteiger partial charge in [0.15, 0.2) is 0 Å². The van der Waals surface area contributed by atoms with Crippen molar-refractivity contribution in [1.29, 1.82) is 0 Å². The largest absolute Gasteiger partial charge is 0.486 e. The maximum absolute atomic E-state index is 12.4. The molecule has 0 bridgehead atoms. The lowest BCUT2D eigenvalue weighted by Gasteiger charge is -2.09. The minimum atomic E-state index is -0.155. The van der Waals surface area contributed by atoms with Gasteiger partial charge in [0.2, 0.25) is 0 Å². The van der Waals surface area contributed by atoms with Crippen molar-refractivity contribution in [2.45, 2.75) is 6.61 Å². The summed E-state index contributed by atoms with van der Waals surface area (Å²) in [6.07, 6.45) is 5.23. The smallest absolute Gasteiger partial charge is 0.251 e. The predicted molar refractivity (Wildman–Crippen MR) is 113 cm³/mol. The van der Waals surface area contributed by atoms with Gasteiger partial charge in [-0.1, -0.05) is 24.3 Å². The van der Waals surface area contributed by atoms with Gasteiger partial charge in [0.05, 0.1) is 11.0 Å². The van der Waals surface area contributed by atoms with E-state index >= 15 is 0 Å². The van der Waals surface area contributed by atoms with E-state index in [0.29, 0.717) is 17.9 Å². The van der Waals surface area contributed by atoms with Crippen LogP contribution in [0.2, 0.25) is 0 Å². The number of hydrogen-bond donors (Lipinski definition) is 2. The standard InChI is InChI=1S/C23H20N4O2/c1-24-23(28)19(14-16-10-12-25-13-11-16)17-6-8-18(9-7-17)29-15-22-26-20-4-2-3-5-21(20)27-22/h2-14H,15H2,1H3,(H,24,28)(H,26,27)/b19-14+. The number of pyridine rings is 1. The second kappa shape index (κ2) is 8.39. The van der Waals surface area contributed by atoms with Crippen molar-refractivity contribution in [2.24, 2.45) is 0 Å². The van der Waals surface area contributed by atoms with Crippen LogP contribution in [0, 0.1) is 0 Å². The maximum atomic E-state index is 12.4. The number of fused-ring (bicyclic) bond motifs is 1. The number of imidazole rings is 1. The molecule has 2 aromatic heterocycles. The van der Waals surface area contributed by atoms with E-state index < -0.39 is 0 Å². The van der Waals surface area contributed by atoms with Crippen LogP contribution in [0.5, 0.6) is 5.75 Å². The van der Waals surface area contributed by atoms with E-state index in [1.165, 1.54) is 0 Å².